The highest BCUT2D eigenvalue weighted by molar-refractivity contribution is 5.68. The lowest BCUT2D eigenvalue weighted by molar-refractivity contribution is -0.308. The number of carbonyl (C=O) groups excluding carboxylic acids is 4. The molecule has 0 aromatic carbocycles. The van der Waals surface area contributed by atoms with Crippen molar-refractivity contribution < 1.29 is 52.7 Å². The Morgan fingerprint density at radius 3 is 1.86 bits per heavy atom. The quantitative estimate of drug-likeness (QED) is 0.300. The Morgan fingerprint density at radius 2 is 1.36 bits per heavy atom. The minimum Gasteiger partial charge on any atom is -0.463 e. The van der Waals surface area contributed by atoms with Gasteiger partial charge < -0.3 is 33.5 Å². The van der Waals surface area contributed by atoms with Gasteiger partial charge in [-0.05, 0) is 6.42 Å². The zero-order chi connectivity index (χ0) is 21.3. The van der Waals surface area contributed by atoms with Gasteiger partial charge in [0, 0.05) is 34.3 Å². The third-order valence-electron chi connectivity index (χ3n) is 3.53. The topological polar surface area (TPSA) is 144 Å². The van der Waals surface area contributed by atoms with Crippen LogP contribution in [0.5, 0.6) is 0 Å². The Labute approximate surface area is 162 Å². The van der Waals surface area contributed by atoms with Crippen LogP contribution < -0.4 is 0 Å². The molecule has 0 saturated carbocycles. The molecule has 1 saturated heterocycles. The Bertz CT molecular complexity index is 561. The van der Waals surface area contributed by atoms with Gasteiger partial charge in [0.2, 0.25) is 0 Å². The molecule has 0 aliphatic carbocycles. The number of ether oxygens (including phenoxy) is 6. The first-order valence-corrected chi connectivity index (χ1v) is 8.68. The lowest BCUT2D eigenvalue weighted by Crippen LogP contribution is -2.63. The van der Waals surface area contributed by atoms with Gasteiger partial charge in [-0.1, -0.05) is 0 Å². The molecule has 0 bridgehead atoms. The molecule has 0 radical (unpaired) electrons. The predicted octanol–water partition coefficient (Wildman–Crippen LogP) is -0.531. The van der Waals surface area contributed by atoms with Gasteiger partial charge in [0.05, 0.1) is 6.61 Å². The van der Waals surface area contributed by atoms with Crippen LogP contribution in [0.3, 0.4) is 0 Å². The summed E-state index contributed by atoms with van der Waals surface area (Å²) >= 11 is 0. The lowest BCUT2D eigenvalue weighted by Gasteiger charge is -2.44. The summed E-state index contributed by atoms with van der Waals surface area (Å²) in [5.74, 6) is -2.74. The van der Waals surface area contributed by atoms with Gasteiger partial charge in [-0.25, -0.2) is 0 Å². The van der Waals surface area contributed by atoms with Crippen molar-refractivity contribution in [2.24, 2.45) is 0 Å². The third kappa shape index (κ3) is 7.79. The standard InChI is InChI=1S/C17H26O11/c1-9(19)24-8-13-14(25-10(2)20)15(26-11(3)21)16(27-12(4)22)17(28-13)23-7-5-6-18/h13-18H,5-8H2,1-4H3/t13?,14-,15?,16?,17-/m1/s1. The van der Waals surface area contributed by atoms with E-state index >= 15 is 0 Å². The molecule has 1 aliphatic rings. The van der Waals surface area contributed by atoms with Crippen molar-refractivity contribution in [2.45, 2.75) is 64.8 Å². The predicted molar refractivity (Wildman–Crippen MR) is 89.6 cm³/mol. The number of hydrogen-bond donors (Lipinski definition) is 1. The molecular weight excluding hydrogens is 380 g/mol. The van der Waals surface area contributed by atoms with E-state index in [0.717, 1.165) is 20.8 Å². The molecule has 11 nitrogen and oxygen atoms in total. The summed E-state index contributed by atoms with van der Waals surface area (Å²) in [5, 5.41) is 8.93. The second-order valence-corrected chi connectivity index (χ2v) is 6.02. The summed E-state index contributed by atoms with van der Waals surface area (Å²) in [4.78, 5) is 45.9. The zero-order valence-electron chi connectivity index (χ0n) is 16.2. The van der Waals surface area contributed by atoms with Crippen molar-refractivity contribution in [1.29, 1.82) is 0 Å². The van der Waals surface area contributed by atoms with Crippen LogP contribution in [0.2, 0.25) is 0 Å². The number of esters is 4. The van der Waals surface area contributed by atoms with Crippen LogP contribution in [0.4, 0.5) is 0 Å². The van der Waals surface area contributed by atoms with Crippen LogP contribution >= 0.6 is 0 Å². The average molecular weight is 406 g/mol. The minimum atomic E-state index is -1.27. The van der Waals surface area contributed by atoms with Gasteiger partial charge in [-0.15, -0.1) is 0 Å². The van der Waals surface area contributed by atoms with Crippen molar-refractivity contribution in [2.75, 3.05) is 19.8 Å². The Hall–Kier alpha value is -2.24. The molecule has 11 heteroatoms. The van der Waals surface area contributed by atoms with Crippen LogP contribution in [-0.4, -0.2) is 79.5 Å². The molecule has 0 spiro atoms. The maximum absolute atomic E-state index is 11.6. The molecule has 1 fully saturated rings. The summed E-state index contributed by atoms with van der Waals surface area (Å²) in [6, 6.07) is 0. The second-order valence-electron chi connectivity index (χ2n) is 6.02. The van der Waals surface area contributed by atoms with E-state index in [4.69, 9.17) is 33.5 Å². The van der Waals surface area contributed by atoms with E-state index in [2.05, 4.69) is 0 Å². The maximum Gasteiger partial charge on any atom is 0.303 e. The number of aliphatic hydroxyl groups excluding tert-OH is 1. The first-order valence-electron chi connectivity index (χ1n) is 8.68. The fourth-order valence-electron chi connectivity index (χ4n) is 2.59. The van der Waals surface area contributed by atoms with Gasteiger partial charge >= 0.3 is 23.9 Å². The largest absolute Gasteiger partial charge is 0.463 e. The maximum atomic E-state index is 11.6. The second kappa shape index (κ2) is 11.6. The van der Waals surface area contributed by atoms with Crippen LogP contribution in [0.25, 0.3) is 0 Å². The van der Waals surface area contributed by atoms with E-state index in [9.17, 15) is 19.2 Å². The molecule has 1 rings (SSSR count). The van der Waals surface area contributed by atoms with E-state index in [1.165, 1.54) is 6.92 Å². The van der Waals surface area contributed by atoms with E-state index < -0.39 is 54.6 Å². The van der Waals surface area contributed by atoms with Crippen molar-refractivity contribution in [3.8, 4) is 0 Å². The molecular formula is C17H26O11. The first kappa shape index (κ1) is 23.8. The number of rotatable bonds is 9. The summed E-state index contributed by atoms with van der Waals surface area (Å²) in [5.41, 5.74) is 0. The summed E-state index contributed by atoms with van der Waals surface area (Å²) in [6.45, 7) is 4.17. The number of carbonyl (C=O) groups is 4. The van der Waals surface area contributed by atoms with Gasteiger partial charge in [-0.2, -0.15) is 0 Å². The van der Waals surface area contributed by atoms with Crippen LogP contribution in [0, 0.1) is 0 Å². The smallest absolute Gasteiger partial charge is 0.303 e. The SMILES string of the molecule is CC(=O)OCC1O[C@@H](OCCCO)C(OC(C)=O)C(OC(C)=O)[C@@H]1OC(C)=O. The Kier molecular flexibility index (Phi) is 9.83. The molecule has 3 unspecified atom stereocenters. The fraction of sp³-hybridized carbons (Fsp3) is 0.765. The highest BCUT2D eigenvalue weighted by Gasteiger charge is 2.52. The van der Waals surface area contributed by atoms with Crippen molar-refractivity contribution in [3.63, 3.8) is 0 Å². The Morgan fingerprint density at radius 1 is 0.821 bits per heavy atom. The first-order chi connectivity index (χ1) is 13.1. The molecule has 1 aliphatic heterocycles. The van der Waals surface area contributed by atoms with E-state index in [1.54, 1.807) is 0 Å². The van der Waals surface area contributed by atoms with Crippen LogP contribution in [0.15, 0.2) is 0 Å². The van der Waals surface area contributed by atoms with Gasteiger partial charge in [0.15, 0.2) is 24.6 Å². The zero-order valence-corrected chi connectivity index (χ0v) is 16.2. The molecule has 160 valence electrons. The molecule has 28 heavy (non-hydrogen) atoms. The van der Waals surface area contributed by atoms with Crippen LogP contribution in [0.1, 0.15) is 34.1 Å². The highest BCUT2D eigenvalue weighted by Crippen LogP contribution is 2.30. The average Bonchev–Trinajstić information content (AvgIpc) is 2.57. The third-order valence-corrected chi connectivity index (χ3v) is 3.53. The van der Waals surface area contributed by atoms with E-state index in [0.29, 0.717) is 0 Å². The Balaban J connectivity index is 3.21. The van der Waals surface area contributed by atoms with E-state index in [-0.39, 0.29) is 26.2 Å². The van der Waals surface area contributed by atoms with E-state index in [1.807, 2.05) is 0 Å². The lowest BCUT2D eigenvalue weighted by atomic mass is 9.98. The van der Waals surface area contributed by atoms with Crippen molar-refractivity contribution in [1.82, 2.24) is 0 Å². The summed E-state index contributed by atoms with van der Waals surface area (Å²) in [7, 11) is 0. The fourth-order valence-corrected chi connectivity index (χ4v) is 2.59. The number of hydrogen-bond acceptors (Lipinski definition) is 11. The minimum absolute atomic E-state index is 0.0459. The van der Waals surface area contributed by atoms with Crippen molar-refractivity contribution >= 4 is 23.9 Å². The highest BCUT2D eigenvalue weighted by atomic mass is 16.7. The molecule has 5 atom stereocenters. The summed E-state index contributed by atoms with van der Waals surface area (Å²) < 4.78 is 31.8. The monoisotopic (exact) mass is 406 g/mol. The van der Waals surface area contributed by atoms with Gasteiger partial charge in [0.25, 0.3) is 0 Å². The van der Waals surface area contributed by atoms with Gasteiger partial charge in [-0.3, -0.25) is 19.2 Å². The molecule has 0 aromatic rings. The number of aliphatic hydroxyl groups is 1. The molecule has 1 N–H and O–H groups in total. The molecule has 0 amide bonds. The molecule has 1 heterocycles. The van der Waals surface area contributed by atoms with Crippen LogP contribution in [-0.2, 0) is 47.6 Å². The molecule has 0 aromatic heterocycles. The van der Waals surface area contributed by atoms with Gasteiger partial charge in [0.1, 0.15) is 12.7 Å². The van der Waals surface area contributed by atoms with Crippen molar-refractivity contribution in [3.05, 3.63) is 0 Å². The summed E-state index contributed by atoms with van der Waals surface area (Å²) in [6.07, 6.45) is -5.73. The normalized spacial score (nSPS) is 26.8.